The Kier molecular flexibility index (Phi) is 10.1. The van der Waals surface area contributed by atoms with Crippen molar-refractivity contribution < 1.29 is 8.78 Å². The van der Waals surface area contributed by atoms with E-state index in [0.717, 1.165) is 49.8 Å². The Morgan fingerprint density at radius 1 is 1.26 bits per heavy atom. The molecular formula is C21H32F2IN7. The molecule has 0 spiro atoms. The summed E-state index contributed by atoms with van der Waals surface area (Å²) in [5.41, 5.74) is 0.346. The molecule has 1 aromatic carbocycles. The highest BCUT2D eigenvalue weighted by molar-refractivity contribution is 14.0. The van der Waals surface area contributed by atoms with Crippen LogP contribution in [0.5, 0.6) is 0 Å². The largest absolute Gasteiger partial charge is 0.356 e. The zero-order valence-electron chi connectivity index (χ0n) is 18.4. The topological polar surface area (TPSA) is 70.4 Å². The second-order valence-corrected chi connectivity index (χ2v) is 7.61. The lowest BCUT2D eigenvalue weighted by molar-refractivity contribution is 0.267. The number of likely N-dealkylation sites (tertiary alicyclic amines) is 1. The number of benzene rings is 1. The van der Waals surface area contributed by atoms with E-state index in [2.05, 4.69) is 37.6 Å². The number of hydrogen-bond acceptors (Lipinski definition) is 4. The van der Waals surface area contributed by atoms with Crippen molar-refractivity contribution in [2.24, 2.45) is 12.0 Å². The number of aryl methyl sites for hydroxylation is 1. The van der Waals surface area contributed by atoms with Crippen molar-refractivity contribution in [3.63, 3.8) is 0 Å². The number of nitrogens with zero attached hydrogens (tertiary/aromatic N) is 5. The van der Waals surface area contributed by atoms with E-state index in [-0.39, 0.29) is 24.0 Å². The number of rotatable bonds is 8. The van der Waals surface area contributed by atoms with Crippen LogP contribution < -0.4 is 10.6 Å². The Hall–Kier alpha value is -1.82. The molecule has 2 aromatic rings. The van der Waals surface area contributed by atoms with Crippen LogP contribution in [0.2, 0.25) is 0 Å². The summed E-state index contributed by atoms with van der Waals surface area (Å²) in [7, 11) is 1.91. The van der Waals surface area contributed by atoms with Gasteiger partial charge in [-0.15, -0.1) is 34.2 Å². The van der Waals surface area contributed by atoms with Crippen LogP contribution in [0, 0.1) is 18.6 Å². The summed E-state index contributed by atoms with van der Waals surface area (Å²) in [6, 6.07) is 4.00. The van der Waals surface area contributed by atoms with Gasteiger partial charge in [-0.3, -0.25) is 4.90 Å². The van der Waals surface area contributed by atoms with Crippen LogP contribution in [0.3, 0.4) is 0 Å². The Labute approximate surface area is 199 Å². The van der Waals surface area contributed by atoms with Crippen molar-refractivity contribution in [3.05, 3.63) is 47.0 Å². The van der Waals surface area contributed by atoms with Crippen LogP contribution in [0.15, 0.2) is 23.2 Å². The van der Waals surface area contributed by atoms with Crippen LogP contribution in [-0.4, -0.2) is 57.8 Å². The fourth-order valence-corrected chi connectivity index (χ4v) is 3.72. The molecule has 172 valence electrons. The monoisotopic (exact) mass is 547 g/mol. The lowest BCUT2D eigenvalue weighted by atomic mass is 10.1. The lowest BCUT2D eigenvalue weighted by Gasteiger charge is -2.24. The van der Waals surface area contributed by atoms with E-state index in [4.69, 9.17) is 0 Å². The van der Waals surface area contributed by atoms with E-state index in [1.165, 1.54) is 12.5 Å². The number of likely N-dealkylation sites (N-methyl/N-ethyl adjacent to an activating group) is 1. The second kappa shape index (κ2) is 12.3. The van der Waals surface area contributed by atoms with Crippen LogP contribution >= 0.6 is 24.0 Å². The van der Waals surface area contributed by atoms with E-state index in [9.17, 15) is 8.78 Å². The van der Waals surface area contributed by atoms with Crippen molar-refractivity contribution in [3.8, 4) is 0 Å². The van der Waals surface area contributed by atoms with Crippen molar-refractivity contribution in [1.82, 2.24) is 30.3 Å². The summed E-state index contributed by atoms with van der Waals surface area (Å²) in [6.45, 7) is 7.82. The van der Waals surface area contributed by atoms with Gasteiger partial charge in [0.25, 0.3) is 0 Å². The summed E-state index contributed by atoms with van der Waals surface area (Å²) in [5, 5.41) is 14.9. The highest BCUT2D eigenvalue weighted by atomic mass is 127. The molecule has 0 saturated carbocycles. The quantitative estimate of drug-likeness (QED) is 0.302. The van der Waals surface area contributed by atoms with Gasteiger partial charge >= 0.3 is 0 Å². The van der Waals surface area contributed by atoms with Gasteiger partial charge in [0.15, 0.2) is 11.8 Å². The molecule has 2 N–H and O–H groups in total. The van der Waals surface area contributed by atoms with Crippen molar-refractivity contribution >= 4 is 29.9 Å². The molecule has 0 radical (unpaired) electrons. The van der Waals surface area contributed by atoms with Crippen LogP contribution in [0.1, 0.15) is 37.0 Å². The molecule has 1 aliphatic rings. The smallest absolute Gasteiger partial charge is 0.191 e. The molecule has 0 amide bonds. The number of halogens is 3. The molecule has 1 aliphatic heterocycles. The summed E-state index contributed by atoms with van der Waals surface area (Å²) in [6.07, 6.45) is 2.72. The molecule has 7 nitrogen and oxygen atoms in total. The Balaban J connectivity index is 0.00000341. The highest BCUT2D eigenvalue weighted by Gasteiger charge is 2.22. The van der Waals surface area contributed by atoms with Crippen LogP contribution in [-0.2, 0) is 20.0 Å². The minimum absolute atomic E-state index is 0. The molecule has 2 heterocycles. The minimum atomic E-state index is -0.433. The molecule has 1 atom stereocenters. The van der Waals surface area contributed by atoms with Crippen LogP contribution in [0.4, 0.5) is 8.78 Å². The van der Waals surface area contributed by atoms with Gasteiger partial charge in [-0.05, 0) is 63.0 Å². The summed E-state index contributed by atoms with van der Waals surface area (Å²) in [4.78, 5) is 7.09. The maximum Gasteiger partial charge on any atom is 0.191 e. The normalized spacial score (nSPS) is 16.9. The average Bonchev–Trinajstić information content (AvgIpc) is 3.32. The van der Waals surface area contributed by atoms with E-state index >= 15 is 0 Å². The first-order chi connectivity index (χ1) is 14.5. The molecule has 3 rings (SSSR count). The van der Waals surface area contributed by atoms with E-state index < -0.39 is 11.6 Å². The van der Waals surface area contributed by atoms with Gasteiger partial charge in [0.2, 0.25) is 0 Å². The van der Waals surface area contributed by atoms with Crippen molar-refractivity contribution in [1.29, 1.82) is 0 Å². The fraction of sp³-hybridized carbons (Fsp3) is 0.571. The first-order valence-electron chi connectivity index (χ1n) is 10.5. The van der Waals surface area contributed by atoms with Gasteiger partial charge in [0.05, 0.1) is 0 Å². The zero-order valence-corrected chi connectivity index (χ0v) is 20.7. The Bertz CT molecular complexity index is 871. The number of hydrogen-bond donors (Lipinski definition) is 2. The predicted molar refractivity (Wildman–Crippen MR) is 129 cm³/mol. The average molecular weight is 547 g/mol. The molecule has 1 unspecified atom stereocenters. The maximum absolute atomic E-state index is 13.9. The summed E-state index contributed by atoms with van der Waals surface area (Å²) in [5.74, 6) is 1.39. The predicted octanol–water partition coefficient (Wildman–Crippen LogP) is 2.78. The molecule has 1 aromatic heterocycles. The number of aromatic nitrogens is 3. The van der Waals surface area contributed by atoms with E-state index in [0.29, 0.717) is 37.1 Å². The molecule has 10 heteroatoms. The lowest BCUT2D eigenvalue weighted by Crippen LogP contribution is -2.45. The Morgan fingerprint density at radius 3 is 2.77 bits per heavy atom. The molecule has 1 saturated heterocycles. The van der Waals surface area contributed by atoms with Crippen LogP contribution in [0.25, 0.3) is 0 Å². The first-order valence-corrected chi connectivity index (χ1v) is 10.5. The van der Waals surface area contributed by atoms with Gasteiger partial charge in [-0.2, -0.15) is 0 Å². The van der Waals surface area contributed by atoms with Gasteiger partial charge in [0, 0.05) is 26.2 Å². The maximum atomic E-state index is 13.9. The number of aliphatic imine (C=N–C) groups is 1. The molecule has 0 bridgehead atoms. The highest BCUT2D eigenvalue weighted by Crippen LogP contribution is 2.15. The van der Waals surface area contributed by atoms with Gasteiger partial charge in [0.1, 0.15) is 24.0 Å². The van der Waals surface area contributed by atoms with E-state index in [1.807, 2.05) is 18.5 Å². The third kappa shape index (κ3) is 7.09. The van der Waals surface area contributed by atoms with E-state index in [1.54, 1.807) is 0 Å². The Morgan fingerprint density at radius 2 is 2.06 bits per heavy atom. The third-order valence-corrected chi connectivity index (χ3v) is 5.67. The zero-order chi connectivity index (χ0) is 21.5. The van der Waals surface area contributed by atoms with Crippen molar-refractivity contribution in [2.45, 2.75) is 45.7 Å². The number of guanidine groups is 1. The molecular weight excluding hydrogens is 515 g/mol. The number of nitrogens with one attached hydrogen (secondary N) is 2. The summed E-state index contributed by atoms with van der Waals surface area (Å²) >= 11 is 0. The fourth-order valence-electron chi connectivity index (χ4n) is 3.72. The molecule has 0 aliphatic carbocycles. The molecule has 31 heavy (non-hydrogen) atoms. The van der Waals surface area contributed by atoms with Gasteiger partial charge in [-0.1, -0.05) is 6.92 Å². The SMILES string of the molecule is CCN1CCCC1CNC(=NCc1nnc(C)n1C)NCCc1cc(F)ccc1F.I. The third-order valence-electron chi connectivity index (χ3n) is 5.67. The second-order valence-electron chi connectivity index (χ2n) is 7.61. The molecule has 1 fully saturated rings. The van der Waals surface area contributed by atoms with Gasteiger partial charge < -0.3 is 15.2 Å². The summed E-state index contributed by atoms with van der Waals surface area (Å²) < 4.78 is 29.2. The first kappa shape index (κ1) is 25.4. The van der Waals surface area contributed by atoms with Crippen molar-refractivity contribution in [2.75, 3.05) is 26.2 Å². The van der Waals surface area contributed by atoms with Gasteiger partial charge in [-0.25, -0.2) is 13.8 Å². The minimum Gasteiger partial charge on any atom is -0.356 e. The standard InChI is InChI=1S/C21H31F2N7.HI/c1-4-30-11-5-6-18(30)13-25-21(26-14-20-28-27-15(2)29(20)3)24-10-9-16-12-17(22)7-8-19(16)23;/h7-8,12,18H,4-6,9-11,13-14H2,1-3H3,(H2,24,25,26);1H.